The fourth-order valence-electron chi connectivity index (χ4n) is 3.89. The van der Waals surface area contributed by atoms with E-state index in [2.05, 4.69) is 20.8 Å². The molecule has 208 valence electrons. The van der Waals surface area contributed by atoms with E-state index in [-0.39, 0.29) is 5.70 Å². The van der Waals surface area contributed by atoms with Gasteiger partial charge < -0.3 is 20.6 Å². The molecule has 1 unspecified atom stereocenters. The fourth-order valence-corrected chi connectivity index (χ4v) is 6.22. The van der Waals surface area contributed by atoms with Crippen molar-refractivity contribution in [3.05, 3.63) is 83.1 Å². The summed E-state index contributed by atoms with van der Waals surface area (Å²) in [6.07, 6.45) is -1.42. The number of aliphatic hydroxyl groups excluding tert-OH is 1. The minimum atomic E-state index is -1.42. The minimum Gasteiger partial charge on any atom is -0.478 e. The molecule has 1 aromatic heterocycles. The van der Waals surface area contributed by atoms with Gasteiger partial charge in [0.2, 0.25) is 5.16 Å². The molecule has 1 fully saturated rings. The van der Waals surface area contributed by atoms with Crippen LogP contribution in [0.2, 0.25) is 0 Å². The third-order valence-corrected chi connectivity index (χ3v) is 8.33. The normalized spacial score (nSPS) is 18.6. The molecule has 4 N–H and O–H groups in total. The number of amides is 2. The number of aromatic carboxylic acids is 1. The number of rotatable bonds is 8. The van der Waals surface area contributed by atoms with Gasteiger partial charge in [0.15, 0.2) is 6.10 Å². The number of β-lactam (4-membered cyclic amide) rings is 1. The van der Waals surface area contributed by atoms with Gasteiger partial charge in [-0.1, -0.05) is 60.3 Å². The summed E-state index contributed by atoms with van der Waals surface area (Å²) in [4.78, 5) is 48.4. The van der Waals surface area contributed by atoms with Crippen LogP contribution >= 0.6 is 23.5 Å². The summed E-state index contributed by atoms with van der Waals surface area (Å²) in [5, 5.41) is 42.0. The third-order valence-electron chi connectivity index (χ3n) is 5.89. The Bertz CT molecular complexity index is 1430. The lowest BCUT2D eigenvalue weighted by Crippen LogP contribution is -2.70. The molecule has 2 amide bonds. The standard InChI is InChI=1S/C18H18N6O5S2.C7H6O2/c1-23-18(20-21-22-23)31-8-10-7-30-16-11(15(27)24(16)12(10)17(28)29)19-14(26)13(25)9-5-3-2-4-6-9;8-7(9)6-4-2-1-3-5-6/h2-6,11,13,16,25H,7-8H2,1H3,(H,19,26)(H,28,29);1-5H,(H,8,9)/t11-,13?,16-;/m1./s1. The Morgan fingerprint density at radius 3 is 2.27 bits per heavy atom. The van der Waals surface area contributed by atoms with Crippen molar-refractivity contribution in [1.82, 2.24) is 30.4 Å². The largest absolute Gasteiger partial charge is 0.478 e. The van der Waals surface area contributed by atoms with E-state index in [4.69, 9.17) is 5.11 Å². The summed E-state index contributed by atoms with van der Waals surface area (Å²) in [6.45, 7) is 0. The van der Waals surface area contributed by atoms with Gasteiger partial charge in [0.1, 0.15) is 17.1 Å². The Kier molecular flexibility index (Phi) is 9.19. The molecule has 2 aromatic carbocycles. The van der Waals surface area contributed by atoms with Gasteiger partial charge in [-0.25, -0.2) is 14.3 Å². The average molecular weight is 585 g/mol. The second-order valence-electron chi connectivity index (χ2n) is 8.51. The molecule has 1 saturated heterocycles. The molecule has 15 heteroatoms. The second kappa shape index (κ2) is 12.8. The molecule has 0 saturated carbocycles. The third kappa shape index (κ3) is 6.32. The van der Waals surface area contributed by atoms with Crippen molar-refractivity contribution < 1.29 is 34.5 Å². The molecule has 3 atom stereocenters. The van der Waals surface area contributed by atoms with E-state index in [1.165, 1.54) is 33.1 Å². The number of aryl methyl sites for hydroxylation is 1. The lowest BCUT2D eigenvalue weighted by molar-refractivity contribution is -0.151. The highest BCUT2D eigenvalue weighted by Crippen LogP contribution is 2.41. The highest BCUT2D eigenvalue weighted by atomic mass is 32.2. The lowest BCUT2D eigenvalue weighted by Gasteiger charge is -2.49. The van der Waals surface area contributed by atoms with E-state index in [1.807, 2.05) is 0 Å². The Morgan fingerprint density at radius 1 is 1.07 bits per heavy atom. The molecular formula is C25H24N6O7S2. The number of carbonyl (C=O) groups excluding carboxylic acids is 2. The van der Waals surface area contributed by atoms with E-state index >= 15 is 0 Å². The van der Waals surface area contributed by atoms with E-state index in [0.29, 0.717) is 33.4 Å². The van der Waals surface area contributed by atoms with Crippen LogP contribution in [0.5, 0.6) is 0 Å². The predicted molar refractivity (Wildman–Crippen MR) is 144 cm³/mol. The lowest BCUT2D eigenvalue weighted by atomic mass is 10.0. The van der Waals surface area contributed by atoms with Crippen molar-refractivity contribution in [1.29, 1.82) is 0 Å². The summed E-state index contributed by atoms with van der Waals surface area (Å²) in [5.41, 5.74) is 1.23. The molecule has 3 heterocycles. The summed E-state index contributed by atoms with van der Waals surface area (Å²) in [7, 11) is 1.68. The maximum Gasteiger partial charge on any atom is 0.352 e. The molecule has 0 aliphatic carbocycles. The quantitative estimate of drug-likeness (QED) is 0.219. The van der Waals surface area contributed by atoms with Crippen molar-refractivity contribution in [2.75, 3.05) is 11.5 Å². The maximum atomic E-state index is 12.7. The van der Waals surface area contributed by atoms with Crippen LogP contribution in [-0.2, 0) is 21.4 Å². The molecular weight excluding hydrogens is 560 g/mol. The number of tetrazole rings is 1. The zero-order chi connectivity index (χ0) is 28.8. The number of benzene rings is 2. The number of hydrogen-bond donors (Lipinski definition) is 4. The Balaban J connectivity index is 0.000000350. The van der Waals surface area contributed by atoms with Gasteiger partial charge in [-0.15, -0.1) is 16.9 Å². The van der Waals surface area contributed by atoms with Crippen molar-refractivity contribution >= 4 is 47.3 Å². The van der Waals surface area contributed by atoms with Crippen LogP contribution < -0.4 is 5.32 Å². The van der Waals surface area contributed by atoms with Crippen LogP contribution in [-0.4, -0.2) is 87.1 Å². The number of hydrogen-bond acceptors (Lipinski definition) is 10. The van der Waals surface area contributed by atoms with Crippen molar-refractivity contribution in [2.24, 2.45) is 7.05 Å². The first-order chi connectivity index (χ1) is 19.2. The number of nitrogens with zero attached hydrogens (tertiary/aromatic N) is 5. The number of nitrogens with one attached hydrogen (secondary N) is 1. The first-order valence-electron chi connectivity index (χ1n) is 11.8. The number of carboxylic acids is 2. The van der Waals surface area contributed by atoms with Gasteiger partial charge in [-0.2, -0.15) is 0 Å². The Hall–Kier alpha value is -4.21. The number of aromatic nitrogens is 4. The SMILES string of the molecule is Cn1nnnc1SCC1=C(C(=O)O)N2C(=O)[C@@H](NC(=O)C(O)c3ccccc3)[C@H]2SC1.O=C(O)c1ccccc1. The molecule has 3 aromatic rings. The van der Waals surface area contributed by atoms with Crippen LogP contribution in [0, 0.1) is 0 Å². The molecule has 2 aliphatic heterocycles. The summed E-state index contributed by atoms with van der Waals surface area (Å²) in [6, 6.07) is 15.8. The first kappa shape index (κ1) is 28.8. The van der Waals surface area contributed by atoms with E-state index in [0.717, 1.165) is 0 Å². The number of aliphatic hydroxyl groups is 1. The Labute approximate surface area is 236 Å². The summed E-state index contributed by atoms with van der Waals surface area (Å²) >= 11 is 2.64. The Morgan fingerprint density at radius 2 is 1.73 bits per heavy atom. The molecule has 13 nitrogen and oxygen atoms in total. The zero-order valence-corrected chi connectivity index (χ0v) is 22.6. The highest BCUT2D eigenvalue weighted by molar-refractivity contribution is 8.01. The van der Waals surface area contributed by atoms with E-state index < -0.39 is 41.3 Å². The monoisotopic (exact) mass is 584 g/mol. The smallest absolute Gasteiger partial charge is 0.352 e. The van der Waals surface area contributed by atoms with Gasteiger partial charge in [-0.05, 0) is 33.7 Å². The molecule has 0 radical (unpaired) electrons. The first-order valence-corrected chi connectivity index (χ1v) is 13.8. The molecule has 0 bridgehead atoms. The van der Waals surface area contributed by atoms with Crippen LogP contribution in [0.1, 0.15) is 22.0 Å². The predicted octanol–water partition coefficient (Wildman–Crippen LogP) is 1.16. The van der Waals surface area contributed by atoms with Gasteiger partial charge in [0.05, 0.1) is 5.56 Å². The highest BCUT2D eigenvalue weighted by Gasteiger charge is 2.54. The number of thioether (sulfide) groups is 2. The average Bonchev–Trinajstić information content (AvgIpc) is 3.39. The van der Waals surface area contributed by atoms with Crippen LogP contribution in [0.3, 0.4) is 0 Å². The molecule has 2 aliphatic rings. The van der Waals surface area contributed by atoms with Crippen molar-refractivity contribution in [3.63, 3.8) is 0 Å². The summed E-state index contributed by atoms with van der Waals surface area (Å²) < 4.78 is 1.48. The molecule has 0 spiro atoms. The minimum absolute atomic E-state index is 0.0783. The maximum absolute atomic E-state index is 12.7. The zero-order valence-electron chi connectivity index (χ0n) is 20.9. The van der Waals surface area contributed by atoms with Crippen LogP contribution in [0.15, 0.2) is 77.1 Å². The van der Waals surface area contributed by atoms with Crippen molar-refractivity contribution in [2.45, 2.75) is 22.7 Å². The van der Waals surface area contributed by atoms with Gasteiger partial charge in [0.25, 0.3) is 11.8 Å². The van der Waals surface area contributed by atoms with Crippen LogP contribution in [0.4, 0.5) is 0 Å². The fraction of sp³-hybridized carbons (Fsp3) is 0.240. The van der Waals surface area contributed by atoms with Gasteiger partial charge in [0, 0.05) is 18.6 Å². The number of carbonyl (C=O) groups is 4. The van der Waals surface area contributed by atoms with E-state index in [9.17, 15) is 29.4 Å². The van der Waals surface area contributed by atoms with Gasteiger partial charge >= 0.3 is 11.9 Å². The second-order valence-corrected chi connectivity index (χ2v) is 10.6. The number of aliphatic carboxylic acids is 1. The summed E-state index contributed by atoms with van der Waals surface area (Å²) in [5.74, 6) is -2.63. The van der Waals surface area contributed by atoms with Crippen molar-refractivity contribution in [3.8, 4) is 0 Å². The number of fused-ring (bicyclic) bond motifs is 1. The van der Waals surface area contributed by atoms with Gasteiger partial charge in [-0.3, -0.25) is 14.5 Å². The van der Waals surface area contributed by atoms with Crippen LogP contribution in [0.25, 0.3) is 0 Å². The molecule has 40 heavy (non-hydrogen) atoms. The number of carboxylic acid groups (broad SMARTS) is 2. The van der Waals surface area contributed by atoms with E-state index in [1.54, 1.807) is 67.7 Å². The topological polar surface area (TPSA) is 188 Å². The molecule has 5 rings (SSSR count).